The summed E-state index contributed by atoms with van der Waals surface area (Å²) in [5.74, 6) is 0.821. The maximum atomic E-state index is 9.01. The van der Waals surface area contributed by atoms with Gasteiger partial charge in [0.1, 0.15) is 5.75 Å². The summed E-state index contributed by atoms with van der Waals surface area (Å²) in [5.41, 5.74) is 2.54. The fraction of sp³-hybridized carbons (Fsp3) is 0.154. The van der Waals surface area contributed by atoms with E-state index in [1.807, 2.05) is 36.4 Å². The molecule has 1 N–H and O–H groups in total. The van der Waals surface area contributed by atoms with Crippen LogP contribution in [-0.2, 0) is 6.61 Å². The molecule has 0 spiro atoms. The van der Waals surface area contributed by atoms with Crippen LogP contribution in [0.1, 0.15) is 5.69 Å². The first-order valence-corrected chi connectivity index (χ1v) is 5.04. The SMILES string of the molecule is COc1ccc(-c2cccc(CO)n2)cc1. The number of rotatable bonds is 3. The summed E-state index contributed by atoms with van der Waals surface area (Å²) in [6.45, 7) is -0.0377. The van der Waals surface area contributed by atoms with E-state index >= 15 is 0 Å². The number of methoxy groups -OCH3 is 1. The van der Waals surface area contributed by atoms with E-state index in [1.54, 1.807) is 13.2 Å². The molecule has 0 fully saturated rings. The van der Waals surface area contributed by atoms with Crippen molar-refractivity contribution in [2.24, 2.45) is 0 Å². The first kappa shape index (κ1) is 10.6. The van der Waals surface area contributed by atoms with Gasteiger partial charge in [0.05, 0.1) is 25.1 Å². The predicted molar refractivity (Wildman–Crippen MR) is 62.1 cm³/mol. The molecule has 0 bridgehead atoms. The maximum Gasteiger partial charge on any atom is 0.118 e. The van der Waals surface area contributed by atoms with Crippen molar-refractivity contribution in [2.45, 2.75) is 6.61 Å². The molecular weight excluding hydrogens is 202 g/mol. The van der Waals surface area contributed by atoms with Gasteiger partial charge in [-0.15, -0.1) is 0 Å². The number of hydrogen-bond acceptors (Lipinski definition) is 3. The standard InChI is InChI=1S/C13H13NO2/c1-16-12-7-5-10(6-8-12)13-4-2-3-11(9-15)14-13/h2-8,15H,9H2,1H3. The molecule has 0 radical (unpaired) electrons. The highest BCUT2D eigenvalue weighted by Crippen LogP contribution is 2.20. The number of benzene rings is 1. The second-order valence-electron chi connectivity index (χ2n) is 3.40. The van der Waals surface area contributed by atoms with E-state index in [0.29, 0.717) is 5.69 Å². The monoisotopic (exact) mass is 215 g/mol. The number of ether oxygens (including phenoxy) is 1. The smallest absolute Gasteiger partial charge is 0.118 e. The van der Waals surface area contributed by atoms with Crippen LogP contribution in [0.25, 0.3) is 11.3 Å². The second-order valence-corrected chi connectivity index (χ2v) is 3.40. The molecule has 0 unspecified atom stereocenters. The predicted octanol–water partition coefficient (Wildman–Crippen LogP) is 2.25. The van der Waals surface area contributed by atoms with Crippen LogP contribution in [0.2, 0.25) is 0 Å². The fourth-order valence-electron chi connectivity index (χ4n) is 1.49. The fourth-order valence-corrected chi connectivity index (χ4v) is 1.49. The molecule has 0 saturated carbocycles. The van der Waals surface area contributed by atoms with Crippen LogP contribution in [0.15, 0.2) is 42.5 Å². The van der Waals surface area contributed by atoms with Gasteiger partial charge >= 0.3 is 0 Å². The van der Waals surface area contributed by atoms with E-state index in [2.05, 4.69) is 4.98 Å². The number of aliphatic hydroxyl groups excluding tert-OH is 1. The van der Waals surface area contributed by atoms with Gasteiger partial charge in [-0.3, -0.25) is 4.98 Å². The molecule has 0 aliphatic rings. The quantitative estimate of drug-likeness (QED) is 0.853. The molecule has 0 atom stereocenters. The van der Waals surface area contributed by atoms with E-state index in [-0.39, 0.29) is 6.61 Å². The first-order chi connectivity index (χ1) is 7.83. The average molecular weight is 215 g/mol. The third-order valence-electron chi connectivity index (χ3n) is 2.35. The Morgan fingerprint density at radius 1 is 1.12 bits per heavy atom. The molecular formula is C13H13NO2. The molecule has 3 heteroatoms. The Bertz CT molecular complexity index is 466. The van der Waals surface area contributed by atoms with Gasteiger partial charge in [0.25, 0.3) is 0 Å². The molecule has 2 aromatic rings. The molecule has 82 valence electrons. The molecule has 1 heterocycles. The Morgan fingerprint density at radius 3 is 2.50 bits per heavy atom. The summed E-state index contributed by atoms with van der Waals surface area (Å²) in [6.07, 6.45) is 0. The summed E-state index contributed by atoms with van der Waals surface area (Å²) in [7, 11) is 1.64. The Balaban J connectivity index is 2.34. The summed E-state index contributed by atoms with van der Waals surface area (Å²) >= 11 is 0. The highest BCUT2D eigenvalue weighted by molar-refractivity contribution is 5.60. The number of hydrogen-bond donors (Lipinski definition) is 1. The number of pyridine rings is 1. The lowest BCUT2D eigenvalue weighted by atomic mass is 10.1. The minimum absolute atomic E-state index is 0.0377. The molecule has 3 nitrogen and oxygen atoms in total. The Hall–Kier alpha value is -1.87. The molecule has 0 saturated heterocycles. The third-order valence-corrected chi connectivity index (χ3v) is 2.35. The minimum Gasteiger partial charge on any atom is -0.497 e. The van der Waals surface area contributed by atoms with E-state index in [4.69, 9.17) is 9.84 Å². The van der Waals surface area contributed by atoms with Crippen LogP contribution < -0.4 is 4.74 Å². The molecule has 16 heavy (non-hydrogen) atoms. The summed E-state index contributed by atoms with van der Waals surface area (Å²) in [5, 5.41) is 9.01. The van der Waals surface area contributed by atoms with Crippen LogP contribution in [0.3, 0.4) is 0 Å². The van der Waals surface area contributed by atoms with Crippen LogP contribution in [0.5, 0.6) is 5.75 Å². The molecule has 0 amide bonds. The van der Waals surface area contributed by atoms with Crippen molar-refractivity contribution in [3.63, 3.8) is 0 Å². The van der Waals surface area contributed by atoms with Crippen molar-refractivity contribution in [1.29, 1.82) is 0 Å². The third kappa shape index (κ3) is 2.20. The minimum atomic E-state index is -0.0377. The van der Waals surface area contributed by atoms with Crippen molar-refractivity contribution in [3.8, 4) is 17.0 Å². The van der Waals surface area contributed by atoms with Gasteiger partial charge in [-0.1, -0.05) is 6.07 Å². The summed E-state index contributed by atoms with van der Waals surface area (Å²) < 4.78 is 5.09. The van der Waals surface area contributed by atoms with Crippen molar-refractivity contribution in [3.05, 3.63) is 48.2 Å². The van der Waals surface area contributed by atoms with Crippen molar-refractivity contribution in [1.82, 2.24) is 4.98 Å². The molecule has 0 aliphatic carbocycles. The lowest BCUT2D eigenvalue weighted by Gasteiger charge is -2.04. The largest absolute Gasteiger partial charge is 0.497 e. The zero-order valence-corrected chi connectivity index (χ0v) is 9.05. The van der Waals surface area contributed by atoms with E-state index in [9.17, 15) is 0 Å². The van der Waals surface area contributed by atoms with Gasteiger partial charge in [-0.05, 0) is 36.4 Å². The Kier molecular flexibility index (Phi) is 3.17. The number of aliphatic hydroxyl groups is 1. The zero-order valence-electron chi connectivity index (χ0n) is 9.05. The number of nitrogens with zero attached hydrogens (tertiary/aromatic N) is 1. The number of aromatic nitrogens is 1. The molecule has 2 rings (SSSR count). The first-order valence-electron chi connectivity index (χ1n) is 5.04. The Morgan fingerprint density at radius 2 is 1.88 bits per heavy atom. The second kappa shape index (κ2) is 4.77. The van der Waals surface area contributed by atoms with Gasteiger partial charge < -0.3 is 9.84 Å². The van der Waals surface area contributed by atoms with Crippen LogP contribution in [0.4, 0.5) is 0 Å². The molecule has 0 aliphatic heterocycles. The Labute approximate surface area is 94.3 Å². The van der Waals surface area contributed by atoms with E-state index in [0.717, 1.165) is 17.0 Å². The van der Waals surface area contributed by atoms with Gasteiger partial charge in [0, 0.05) is 5.56 Å². The highest BCUT2D eigenvalue weighted by Gasteiger charge is 2.00. The van der Waals surface area contributed by atoms with Crippen LogP contribution in [-0.4, -0.2) is 17.2 Å². The highest BCUT2D eigenvalue weighted by atomic mass is 16.5. The maximum absolute atomic E-state index is 9.01. The average Bonchev–Trinajstić information content (AvgIpc) is 2.39. The van der Waals surface area contributed by atoms with Gasteiger partial charge in [-0.2, -0.15) is 0 Å². The van der Waals surface area contributed by atoms with E-state index < -0.39 is 0 Å². The van der Waals surface area contributed by atoms with Crippen LogP contribution in [0, 0.1) is 0 Å². The molecule has 1 aromatic heterocycles. The van der Waals surface area contributed by atoms with E-state index in [1.165, 1.54) is 0 Å². The summed E-state index contributed by atoms with van der Waals surface area (Å²) in [6, 6.07) is 13.3. The normalized spacial score (nSPS) is 10.1. The van der Waals surface area contributed by atoms with Crippen molar-refractivity contribution < 1.29 is 9.84 Å². The lowest BCUT2D eigenvalue weighted by Crippen LogP contribution is -1.91. The molecule has 1 aromatic carbocycles. The summed E-state index contributed by atoms with van der Waals surface area (Å²) in [4.78, 5) is 4.33. The van der Waals surface area contributed by atoms with Gasteiger partial charge in [0.2, 0.25) is 0 Å². The zero-order chi connectivity index (χ0) is 11.4. The lowest BCUT2D eigenvalue weighted by molar-refractivity contribution is 0.277. The topological polar surface area (TPSA) is 42.4 Å². The van der Waals surface area contributed by atoms with Gasteiger partial charge in [-0.25, -0.2) is 0 Å². The van der Waals surface area contributed by atoms with Crippen LogP contribution >= 0.6 is 0 Å². The van der Waals surface area contributed by atoms with Crippen molar-refractivity contribution in [2.75, 3.05) is 7.11 Å². The van der Waals surface area contributed by atoms with Crippen molar-refractivity contribution >= 4 is 0 Å². The van der Waals surface area contributed by atoms with Gasteiger partial charge in [0.15, 0.2) is 0 Å².